The highest BCUT2D eigenvalue weighted by Gasteiger charge is 2.50. The number of nitrogens with zero attached hydrogens (tertiary/aromatic N) is 1. The van der Waals surface area contributed by atoms with Crippen LogP contribution in [0, 0.1) is 0 Å². The molecule has 0 saturated carbocycles. The van der Waals surface area contributed by atoms with Crippen LogP contribution in [-0.2, 0) is 9.31 Å². The summed E-state index contributed by atoms with van der Waals surface area (Å²) in [6.07, 6.45) is 0.908. The highest BCUT2D eigenvalue weighted by molar-refractivity contribution is 6.51. The number of rotatable bonds is 1. The molecular formula is C13H22BNO4. The number of carboxylic acid groups (broad SMARTS) is 1. The topological polar surface area (TPSA) is 59.0 Å². The lowest BCUT2D eigenvalue weighted by atomic mass is 9.85. The number of likely N-dealkylation sites (tertiary alicyclic amines) is 1. The van der Waals surface area contributed by atoms with Crippen LogP contribution in [0.2, 0.25) is 0 Å². The van der Waals surface area contributed by atoms with Crippen molar-refractivity contribution in [2.24, 2.45) is 0 Å². The van der Waals surface area contributed by atoms with Gasteiger partial charge in [0.05, 0.1) is 11.2 Å². The maximum atomic E-state index is 11.0. The Bertz CT molecular complexity index is 389. The summed E-state index contributed by atoms with van der Waals surface area (Å²) in [5.74, 6) is 1.94. The van der Waals surface area contributed by atoms with E-state index in [1.165, 1.54) is 4.90 Å². The Morgan fingerprint density at radius 3 is 2.42 bits per heavy atom. The van der Waals surface area contributed by atoms with Crippen molar-refractivity contribution in [2.45, 2.75) is 51.7 Å². The molecular weight excluding hydrogens is 245 g/mol. The lowest BCUT2D eigenvalue weighted by molar-refractivity contribution is 0.00578. The Morgan fingerprint density at radius 1 is 1.32 bits per heavy atom. The van der Waals surface area contributed by atoms with Crippen LogP contribution in [-0.4, -0.2) is 47.5 Å². The maximum absolute atomic E-state index is 11.0. The van der Waals surface area contributed by atoms with Crippen LogP contribution in [0.3, 0.4) is 0 Å². The van der Waals surface area contributed by atoms with Gasteiger partial charge in [-0.05, 0) is 40.5 Å². The molecule has 19 heavy (non-hydrogen) atoms. The van der Waals surface area contributed by atoms with Crippen molar-refractivity contribution in [3.05, 3.63) is 11.5 Å². The molecule has 0 atom stereocenters. The van der Waals surface area contributed by atoms with E-state index in [1.807, 2.05) is 33.7 Å². The number of hydrogen-bond acceptors (Lipinski definition) is 3. The highest BCUT2D eigenvalue weighted by atomic mass is 16.7. The van der Waals surface area contributed by atoms with E-state index >= 15 is 0 Å². The summed E-state index contributed by atoms with van der Waals surface area (Å²) in [4.78, 5) is 12.4. The monoisotopic (exact) mass is 267 g/mol. The molecule has 2 heterocycles. The first kappa shape index (κ1) is 14.4. The quantitative estimate of drug-likeness (QED) is 0.741. The minimum absolute atomic E-state index is 0.351. The SMILES string of the molecule is CC1(C)OB(/C=C2/CCCN(C(=O)O)C2)OC1(C)C. The average molecular weight is 267 g/mol. The number of hydrogen-bond donors (Lipinski definition) is 1. The fourth-order valence-corrected chi connectivity index (χ4v) is 2.35. The molecule has 106 valence electrons. The Balaban J connectivity index is 2.05. The van der Waals surface area contributed by atoms with E-state index in [0.717, 1.165) is 18.4 Å². The molecule has 2 saturated heterocycles. The van der Waals surface area contributed by atoms with Gasteiger partial charge in [-0.25, -0.2) is 4.79 Å². The predicted octanol–water partition coefficient (Wildman–Crippen LogP) is 2.32. The molecule has 0 aromatic carbocycles. The molecule has 0 aliphatic carbocycles. The zero-order valence-corrected chi connectivity index (χ0v) is 12.1. The van der Waals surface area contributed by atoms with Gasteiger partial charge in [-0.15, -0.1) is 0 Å². The van der Waals surface area contributed by atoms with E-state index in [0.29, 0.717) is 13.1 Å². The smallest absolute Gasteiger partial charge is 0.465 e. The number of carbonyl (C=O) groups is 1. The number of piperidine rings is 1. The Kier molecular flexibility index (Phi) is 3.66. The summed E-state index contributed by atoms with van der Waals surface area (Å²) >= 11 is 0. The predicted molar refractivity (Wildman–Crippen MR) is 73.0 cm³/mol. The average Bonchev–Trinajstić information content (AvgIpc) is 2.47. The third-order valence-corrected chi connectivity index (χ3v) is 4.23. The van der Waals surface area contributed by atoms with Crippen molar-refractivity contribution in [1.82, 2.24) is 4.90 Å². The van der Waals surface area contributed by atoms with Crippen molar-refractivity contribution in [3.63, 3.8) is 0 Å². The second kappa shape index (κ2) is 4.83. The van der Waals surface area contributed by atoms with Crippen molar-refractivity contribution in [2.75, 3.05) is 13.1 Å². The zero-order valence-electron chi connectivity index (χ0n) is 12.1. The van der Waals surface area contributed by atoms with Crippen LogP contribution < -0.4 is 0 Å². The van der Waals surface area contributed by atoms with Crippen molar-refractivity contribution in [1.29, 1.82) is 0 Å². The molecule has 2 fully saturated rings. The standard InChI is InChI=1S/C13H22BNO4/c1-12(2)13(3,4)19-14(18-12)8-10-6-5-7-15(9-10)11(16)17/h8H,5-7,9H2,1-4H3,(H,16,17)/b10-8-. The molecule has 1 N–H and O–H groups in total. The van der Waals surface area contributed by atoms with E-state index < -0.39 is 6.09 Å². The van der Waals surface area contributed by atoms with E-state index in [1.54, 1.807) is 0 Å². The molecule has 5 nitrogen and oxygen atoms in total. The summed E-state index contributed by atoms with van der Waals surface area (Å²) in [6, 6.07) is 0. The van der Waals surface area contributed by atoms with Gasteiger partial charge in [-0.1, -0.05) is 11.5 Å². The number of amides is 1. The van der Waals surface area contributed by atoms with Gasteiger partial charge in [0, 0.05) is 13.1 Å². The van der Waals surface area contributed by atoms with E-state index in [2.05, 4.69) is 0 Å². The van der Waals surface area contributed by atoms with Crippen LogP contribution in [0.15, 0.2) is 11.5 Å². The largest absolute Gasteiger partial charge is 0.487 e. The molecule has 6 heteroatoms. The molecule has 0 spiro atoms. The first-order valence-corrected chi connectivity index (χ1v) is 6.74. The van der Waals surface area contributed by atoms with Gasteiger partial charge in [0.2, 0.25) is 0 Å². The molecule has 2 aliphatic heterocycles. The molecule has 0 bridgehead atoms. The summed E-state index contributed by atoms with van der Waals surface area (Å²) < 4.78 is 11.8. The fourth-order valence-electron chi connectivity index (χ4n) is 2.35. The lowest BCUT2D eigenvalue weighted by Gasteiger charge is -2.32. The van der Waals surface area contributed by atoms with Gasteiger partial charge in [0.25, 0.3) is 0 Å². The van der Waals surface area contributed by atoms with Gasteiger partial charge in [0.1, 0.15) is 0 Å². The molecule has 2 rings (SSSR count). The zero-order chi connectivity index (χ0) is 14.3. The normalized spacial score (nSPS) is 27.9. The van der Waals surface area contributed by atoms with Crippen molar-refractivity contribution >= 4 is 13.2 Å². The van der Waals surface area contributed by atoms with Gasteiger partial charge >= 0.3 is 13.2 Å². The first-order chi connectivity index (χ1) is 8.71. The minimum atomic E-state index is -0.862. The van der Waals surface area contributed by atoms with Crippen LogP contribution in [0.4, 0.5) is 4.79 Å². The van der Waals surface area contributed by atoms with Crippen molar-refractivity contribution in [3.8, 4) is 0 Å². The van der Waals surface area contributed by atoms with E-state index in [9.17, 15) is 4.79 Å². The maximum Gasteiger partial charge on any atom is 0.487 e. The molecule has 1 amide bonds. The van der Waals surface area contributed by atoms with E-state index in [-0.39, 0.29) is 18.3 Å². The van der Waals surface area contributed by atoms with Gasteiger partial charge in [-0.2, -0.15) is 0 Å². The van der Waals surface area contributed by atoms with Crippen LogP contribution in [0.25, 0.3) is 0 Å². The molecule has 2 aliphatic rings. The highest BCUT2D eigenvalue weighted by Crippen LogP contribution is 2.37. The Labute approximate surface area is 114 Å². The second-order valence-electron chi connectivity index (χ2n) is 6.26. The van der Waals surface area contributed by atoms with Crippen LogP contribution in [0.1, 0.15) is 40.5 Å². The summed E-state index contributed by atoms with van der Waals surface area (Å²) in [6.45, 7) is 9.10. The van der Waals surface area contributed by atoms with Gasteiger partial charge < -0.3 is 19.3 Å². The third-order valence-electron chi connectivity index (χ3n) is 4.23. The second-order valence-corrected chi connectivity index (χ2v) is 6.26. The summed E-state index contributed by atoms with van der Waals surface area (Å²) in [7, 11) is -0.381. The van der Waals surface area contributed by atoms with Crippen molar-refractivity contribution < 1.29 is 19.2 Å². The van der Waals surface area contributed by atoms with Gasteiger partial charge in [-0.3, -0.25) is 0 Å². The third kappa shape index (κ3) is 2.95. The first-order valence-electron chi connectivity index (χ1n) is 6.74. The molecule has 0 unspecified atom stereocenters. The molecule has 0 radical (unpaired) electrons. The Hall–Kier alpha value is -1.01. The summed E-state index contributed by atoms with van der Waals surface area (Å²) in [5, 5.41) is 9.02. The van der Waals surface area contributed by atoms with Crippen LogP contribution >= 0.6 is 0 Å². The summed E-state index contributed by atoms with van der Waals surface area (Å²) in [5.41, 5.74) is 0.373. The van der Waals surface area contributed by atoms with E-state index in [4.69, 9.17) is 14.4 Å². The van der Waals surface area contributed by atoms with Crippen LogP contribution in [0.5, 0.6) is 0 Å². The molecule has 0 aromatic heterocycles. The molecule has 0 aromatic rings. The minimum Gasteiger partial charge on any atom is -0.465 e. The fraction of sp³-hybridized carbons (Fsp3) is 0.769. The Morgan fingerprint density at radius 2 is 1.89 bits per heavy atom. The van der Waals surface area contributed by atoms with Gasteiger partial charge in [0.15, 0.2) is 0 Å². The lowest BCUT2D eigenvalue weighted by Crippen LogP contribution is -2.41.